The lowest BCUT2D eigenvalue weighted by molar-refractivity contribution is -0.136. The molecule has 0 spiro atoms. The van der Waals surface area contributed by atoms with E-state index in [2.05, 4.69) is 6.58 Å². The summed E-state index contributed by atoms with van der Waals surface area (Å²) in [5, 5.41) is 8.36. The standard InChI is InChI=1S/C8H15NO4S/c1-3-6-9(4-2)14(12,13)7-5-8(10)11/h3H,1,4-7H2,2H3,(H,10,11). The summed E-state index contributed by atoms with van der Waals surface area (Å²) in [6, 6.07) is 0. The zero-order chi connectivity index (χ0) is 11.2. The summed E-state index contributed by atoms with van der Waals surface area (Å²) >= 11 is 0. The van der Waals surface area contributed by atoms with Gasteiger partial charge in [0, 0.05) is 13.1 Å². The van der Waals surface area contributed by atoms with Crippen LogP contribution in [0.5, 0.6) is 0 Å². The van der Waals surface area contributed by atoms with E-state index < -0.39 is 16.0 Å². The molecule has 0 aliphatic rings. The Kier molecular flexibility index (Phi) is 5.40. The number of carbonyl (C=O) groups is 1. The lowest BCUT2D eigenvalue weighted by Crippen LogP contribution is -2.33. The lowest BCUT2D eigenvalue weighted by atomic mass is 10.5. The van der Waals surface area contributed by atoms with E-state index in [-0.39, 0.29) is 18.7 Å². The predicted octanol–water partition coefficient (Wildman–Crippen LogP) is 0.299. The van der Waals surface area contributed by atoms with Gasteiger partial charge in [-0.3, -0.25) is 4.79 Å². The molecule has 0 radical (unpaired) electrons. The Balaban J connectivity index is 4.41. The Hall–Kier alpha value is -0.880. The van der Waals surface area contributed by atoms with Gasteiger partial charge in [-0.25, -0.2) is 8.42 Å². The Morgan fingerprint density at radius 3 is 2.50 bits per heavy atom. The fraction of sp³-hybridized carbons (Fsp3) is 0.625. The fourth-order valence-corrected chi connectivity index (χ4v) is 2.35. The first-order chi connectivity index (χ1) is 6.44. The van der Waals surface area contributed by atoms with Crippen molar-refractivity contribution >= 4 is 16.0 Å². The van der Waals surface area contributed by atoms with Crippen LogP contribution in [0, 0.1) is 0 Å². The highest BCUT2D eigenvalue weighted by Gasteiger charge is 2.19. The summed E-state index contributed by atoms with van der Waals surface area (Å²) in [6.07, 6.45) is 1.11. The van der Waals surface area contributed by atoms with Crippen LogP contribution >= 0.6 is 0 Å². The zero-order valence-electron chi connectivity index (χ0n) is 8.14. The highest BCUT2D eigenvalue weighted by molar-refractivity contribution is 7.89. The zero-order valence-corrected chi connectivity index (χ0v) is 8.96. The first kappa shape index (κ1) is 13.1. The van der Waals surface area contributed by atoms with Crippen LogP contribution in [0.3, 0.4) is 0 Å². The van der Waals surface area contributed by atoms with Gasteiger partial charge in [-0.15, -0.1) is 6.58 Å². The third kappa shape index (κ3) is 4.38. The van der Waals surface area contributed by atoms with Crippen molar-refractivity contribution in [1.82, 2.24) is 4.31 Å². The summed E-state index contributed by atoms with van der Waals surface area (Å²) in [4.78, 5) is 10.2. The van der Waals surface area contributed by atoms with Crippen molar-refractivity contribution in [2.24, 2.45) is 0 Å². The van der Waals surface area contributed by atoms with Crippen molar-refractivity contribution in [3.63, 3.8) is 0 Å². The Morgan fingerprint density at radius 1 is 1.57 bits per heavy atom. The Morgan fingerprint density at radius 2 is 2.14 bits per heavy atom. The molecule has 0 amide bonds. The SMILES string of the molecule is C=CCN(CC)S(=O)(=O)CCC(=O)O. The van der Waals surface area contributed by atoms with Crippen molar-refractivity contribution in [3.8, 4) is 0 Å². The lowest BCUT2D eigenvalue weighted by Gasteiger charge is -2.17. The molecule has 0 heterocycles. The van der Waals surface area contributed by atoms with Crippen LogP contribution in [0.1, 0.15) is 13.3 Å². The molecule has 0 saturated carbocycles. The van der Waals surface area contributed by atoms with Crippen molar-refractivity contribution in [3.05, 3.63) is 12.7 Å². The second-order valence-corrected chi connectivity index (χ2v) is 4.79. The minimum absolute atomic E-state index is 0.221. The number of carboxylic acid groups (broad SMARTS) is 1. The molecule has 0 aliphatic carbocycles. The quantitative estimate of drug-likeness (QED) is 0.627. The molecule has 6 heteroatoms. The van der Waals surface area contributed by atoms with E-state index in [1.807, 2.05) is 0 Å². The monoisotopic (exact) mass is 221 g/mol. The van der Waals surface area contributed by atoms with Gasteiger partial charge in [0.1, 0.15) is 0 Å². The number of sulfonamides is 1. The average molecular weight is 221 g/mol. The third-order valence-corrected chi connectivity index (χ3v) is 3.57. The van der Waals surface area contributed by atoms with Crippen LogP contribution in [0.4, 0.5) is 0 Å². The molecule has 0 rings (SSSR count). The molecule has 1 N–H and O–H groups in total. The summed E-state index contributed by atoms with van der Waals surface area (Å²) < 4.78 is 24.1. The van der Waals surface area contributed by atoms with Gasteiger partial charge in [0.15, 0.2) is 0 Å². The van der Waals surface area contributed by atoms with Crippen molar-refractivity contribution in [1.29, 1.82) is 0 Å². The van der Waals surface area contributed by atoms with Gasteiger partial charge >= 0.3 is 5.97 Å². The van der Waals surface area contributed by atoms with Gasteiger partial charge in [0.2, 0.25) is 10.0 Å². The largest absolute Gasteiger partial charge is 0.481 e. The average Bonchev–Trinajstić information content (AvgIpc) is 2.11. The van der Waals surface area contributed by atoms with E-state index >= 15 is 0 Å². The molecule has 0 fully saturated rings. The van der Waals surface area contributed by atoms with E-state index in [1.54, 1.807) is 6.92 Å². The molecule has 82 valence electrons. The molecular formula is C8H15NO4S. The smallest absolute Gasteiger partial charge is 0.304 e. The van der Waals surface area contributed by atoms with E-state index in [1.165, 1.54) is 10.4 Å². The summed E-state index contributed by atoms with van der Waals surface area (Å²) in [6.45, 7) is 5.68. The van der Waals surface area contributed by atoms with Gasteiger partial charge < -0.3 is 5.11 Å². The minimum Gasteiger partial charge on any atom is -0.481 e. The summed E-state index contributed by atoms with van der Waals surface area (Å²) in [5.41, 5.74) is 0. The van der Waals surface area contributed by atoms with Gasteiger partial charge in [-0.1, -0.05) is 13.0 Å². The number of hydrogen-bond donors (Lipinski definition) is 1. The van der Waals surface area contributed by atoms with Crippen molar-refractivity contribution < 1.29 is 18.3 Å². The number of nitrogens with zero attached hydrogens (tertiary/aromatic N) is 1. The number of rotatable bonds is 7. The normalized spacial score (nSPS) is 11.6. The van der Waals surface area contributed by atoms with E-state index in [0.29, 0.717) is 6.54 Å². The second-order valence-electron chi connectivity index (χ2n) is 2.70. The molecule has 0 saturated heterocycles. The van der Waals surface area contributed by atoms with Crippen LogP contribution < -0.4 is 0 Å². The van der Waals surface area contributed by atoms with Crippen LogP contribution in [-0.2, 0) is 14.8 Å². The van der Waals surface area contributed by atoms with Crippen LogP contribution in [-0.4, -0.2) is 42.6 Å². The highest BCUT2D eigenvalue weighted by Crippen LogP contribution is 2.03. The van der Waals surface area contributed by atoms with Gasteiger partial charge in [0.05, 0.1) is 12.2 Å². The Labute approximate surface area is 84.1 Å². The van der Waals surface area contributed by atoms with E-state index in [4.69, 9.17) is 5.11 Å². The maximum Gasteiger partial charge on any atom is 0.304 e. The second kappa shape index (κ2) is 5.77. The van der Waals surface area contributed by atoms with Crippen LogP contribution in [0.2, 0.25) is 0 Å². The topological polar surface area (TPSA) is 74.7 Å². The molecule has 0 aromatic carbocycles. The van der Waals surface area contributed by atoms with Crippen molar-refractivity contribution in [2.75, 3.05) is 18.8 Å². The first-order valence-electron chi connectivity index (χ1n) is 4.24. The number of aliphatic carboxylic acids is 1. The maximum atomic E-state index is 11.5. The Bertz CT molecular complexity index is 296. The van der Waals surface area contributed by atoms with Gasteiger partial charge in [-0.2, -0.15) is 4.31 Å². The van der Waals surface area contributed by atoms with Crippen molar-refractivity contribution in [2.45, 2.75) is 13.3 Å². The van der Waals surface area contributed by atoms with E-state index in [9.17, 15) is 13.2 Å². The number of carboxylic acids is 1. The molecule has 0 unspecified atom stereocenters. The third-order valence-electron chi connectivity index (χ3n) is 1.65. The first-order valence-corrected chi connectivity index (χ1v) is 5.85. The molecular weight excluding hydrogens is 206 g/mol. The fourth-order valence-electron chi connectivity index (χ4n) is 0.929. The molecule has 5 nitrogen and oxygen atoms in total. The molecule has 0 bridgehead atoms. The summed E-state index contributed by atoms with van der Waals surface area (Å²) in [5.74, 6) is -1.47. The minimum atomic E-state index is -3.45. The van der Waals surface area contributed by atoms with Gasteiger partial charge in [-0.05, 0) is 0 Å². The number of likely N-dealkylation sites (N-methyl/N-ethyl adjacent to an activating group) is 1. The van der Waals surface area contributed by atoms with Gasteiger partial charge in [0.25, 0.3) is 0 Å². The molecule has 14 heavy (non-hydrogen) atoms. The molecule has 0 aliphatic heterocycles. The molecule has 0 aromatic rings. The number of hydrogen-bond acceptors (Lipinski definition) is 3. The molecule has 0 aromatic heterocycles. The van der Waals surface area contributed by atoms with E-state index in [0.717, 1.165) is 0 Å². The predicted molar refractivity (Wildman–Crippen MR) is 53.5 cm³/mol. The maximum absolute atomic E-state index is 11.5. The highest BCUT2D eigenvalue weighted by atomic mass is 32.2. The van der Waals surface area contributed by atoms with Crippen LogP contribution in [0.25, 0.3) is 0 Å². The summed E-state index contributed by atoms with van der Waals surface area (Å²) in [7, 11) is -3.45. The molecule has 0 atom stereocenters. The van der Waals surface area contributed by atoms with Crippen LogP contribution in [0.15, 0.2) is 12.7 Å².